The molecule has 1 aliphatic rings. The molecule has 1 aromatic heterocycles. The number of carbonyl (C=O) groups is 1. The number of H-pyrrole nitrogens is 1. The predicted octanol–water partition coefficient (Wildman–Crippen LogP) is 6.16. The summed E-state index contributed by atoms with van der Waals surface area (Å²) in [4.78, 5) is 18.0. The first-order valence-electron chi connectivity index (χ1n) is 14.8. The summed E-state index contributed by atoms with van der Waals surface area (Å²) < 4.78 is 6.60. The van der Waals surface area contributed by atoms with Gasteiger partial charge in [0.15, 0.2) is 5.78 Å². The van der Waals surface area contributed by atoms with Crippen LogP contribution in [0.4, 0.5) is 0 Å². The van der Waals surface area contributed by atoms with Crippen LogP contribution in [0.25, 0.3) is 5.57 Å². The molecule has 1 aliphatic carbocycles. The monoisotopic (exact) mass is 594 g/mol. The number of benzene rings is 2. The molecule has 1 fully saturated rings. The Hall–Kier alpha value is -1.93. The Morgan fingerprint density at radius 3 is 2.21 bits per heavy atom. The SMILES string of the molecule is CCC.CCC(=O)c1cc(/C(=C\N(C)C=C2CCC2)c2cc(C(C)(C)O)ccc2Oc2c(C)c[c-]cc2C)c(C)[nH]1.[K+]. The third-order valence-corrected chi connectivity index (χ3v) is 7.15. The van der Waals surface area contributed by atoms with Crippen molar-refractivity contribution in [2.24, 2.45) is 0 Å². The van der Waals surface area contributed by atoms with Gasteiger partial charge in [0, 0.05) is 54.0 Å². The number of nitrogens with zero attached hydrogens (tertiary/aromatic N) is 1. The second kappa shape index (κ2) is 16.2. The number of ketones is 1. The molecule has 0 spiro atoms. The summed E-state index contributed by atoms with van der Waals surface area (Å²) in [5.41, 5.74) is 7.32. The van der Waals surface area contributed by atoms with E-state index in [0.29, 0.717) is 17.9 Å². The van der Waals surface area contributed by atoms with E-state index < -0.39 is 5.60 Å². The van der Waals surface area contributed by atoms with Gasteiger partial charge >= 0.3 is 51.4 Å². The number of hydrogen-bond acceptors (Lipinski definition) is 4. The van der Waals surface area contributed by atoms with E-state index in [1.54, 1.807) is 13.8 Å². The second-order valence-electron chi connectivity index (χ2n) is 11.6. The summed E-state index contributed by atoms with van der Waals surface area (Å²) in [7, 11) is 2.03. The fourth-order valence-electron chi connectivity index (χ4n) is 4.72. The fourth-order valence-corrected chi connectivity index (χ4v) is 4.72. The van der Waals surface area contributed by atoms with Gasteiger partial charge in [0.05, 0.1) is 11.3 Å². The molecule has 2 N–H and O–H groups in total. The largest absolute Gasteiger partial charge is 1.00 e. The minimum absolute atomic E-state index is 0. The van der Waals surface area contributed by atoms with Crippen LogP contribution in [0.3, 0.4) is 0 Å². The Balaban J connectivity index is 0.00000148. The smallest absolute Gasteiger partial charge is 0.482 e. The maximum absolute atomic E-state index is 12.6. The summed E-state index contributed by atoms with van der Waals surface area (Å²) in [6.07, 6.45) is 9.43. The van der Waals surface area contributed by atoms with E-state index in [1.807, 2.05) is 71.1 Å². The number of aromatic nitrogens is 1. The fraction of sp³-hybridized carbons (Fsp3) is 0.417. The normalized spacial score (nSPS) is 12.9. The summed E-state index contributed by atoms with van der Waals surface area (Å²) >= 11 is 0. The number of allylic oxidation sites excluding steroid dienone is 1. The van der Waals surface area contributed by atoms with Crippen LogP contribution in [-0.2, 0) is 5.60 Å². The van der Waals surface area contributed by atoms with Crippen molar-refractivity contribution in [3.05, 3.63) is 99.6 Å². The van der Waals surface area contributed by atoms with Crippen molar-refractivity contribution in [1.82, 2.24) is 9.88 Å². The number of ether oxygens (including phenoxy) is 1. The number of carbonyl (C=O) groups excluding carboxylic acids is 1. The van der Waals surface area contributed by atoms with Gasteiger partial charge in [-0.2, -0.15) is 18.2 Å². The van der Waals surface area contributed by atoms with Gasteiger partial charge in [0.1, 0.15) is 5.75 Å². The van der Waals surface area contributed by atoms with Gasteiger partial charge in [-0.05, 0) is 63.8 Å². The number of Topliss-reactive ketones (excluding diaryl/α,β-unsaturated/α-hetero) is 1. The molecule has 4 rings (SSSR count). The zero-order chi connectivity index (χ0) is 30.3. The van der Waals surface area contributed by atoms with Crippen molar-refractivity contribution in [1.29, 1.82) is 0 Å². The first-order chi connectivity index (χ1) is 19.4. The van der Waals surface area contributed by atoms with Crippen molar-refractivity contribution < 1.29 is 66.0 Å². The van der Waals surface area contributed by atoms with E-state index in [9.17, 15) is 9.90 Å². The zero-order valence-electron chi connectivity index (χ0n) is 27.4. The van der Waals surface area contributed by atoms with E-state index in [4.69, 9.17) is 4.74 Å². The number of nitrogens with one attached hydrogen (secondary N) is 1. The molecule has 0 amide bonds. The molecular formula is C36H47KN2O3. The summed E-state index contributed by atoms with van der Waals surface area (Å²) in [5, 5.41) is 10.9. The molecule has 6 heteroatoms. The average molecular weight is 595 g/mol. The zero-order valence-corrected chi connectivity index (χ0v) is 30.5. The Kier molecular flexibility index (Phi) is 14.0. The van der Waals surface area contributed by atoms with E-state index >= 15 is 0 Å². The minimum atomic E-state index is -1.04. The Bertz CT molecular complexity index is 1400. The molecular weight excluding hydrogens is 548 g/mol. The molecule has 1 saturated carbocycles. The van der Waals surface area contributed by atoms with E-state index in [-0.39, 0.29) is 57.2 Å². The average Bonchev–Trinajstić information content (AvgIpc) is 3.28. The van der Waals surface area contributed by atoms with Crippen molar-refractivity contribution in [2.45, 2.75) is 93.1 Å². The molecule has 1 heterocycles. The van der Waals surface area contributed by atoms with Crippen molar-refractivity contribution in [3.8, 4) is 11.5 Å². The van der Waals surface area contributed by atoms with Gasteiger partial charge in [-0.25, -0.2) is 0 Å². The Morgan fingerprint density at radius 2 is 1.69 bits per heavy atom. The van der Waals surface area contributed by atoms with Gasteiger partial charge in [-0.1, -0.05) is 52.7 Å². The number of hydrogen-bond donors (Lipinski definition) is 2. The molecule has 0 bridgehead atoms. The summed E-state index contributed by atoms with van der Waals surface area (Å²) in [6.45, 7) is 15.7. The van der Waals surface area contributed by atoms with Gasteiger partial charge in [0.25, 0.3) is 0 Å². The van der Waals surface area contributed by atoms with Crippen LogP contribution in [0.2, 0.25) is 0 Å². The third kappa shape index (κ3) is 9.28. The molecule has 42 heavy (non-hydrogen) atoms. The van der Waals surface area contributed by atoms with E-state index in [0.717, 1.165) is 57.7 Å². The number of aromatic amines is 1. The van der Waals surface area contributed by atoms with Gasteiger partial charge < -0.3 is 19.7 Å². The van der Waals surface area contributed by atoms with Gasteiger partial charge in [-0.15, -0.1) is 11.1 Å². The molecule has 2 aromatic carbocycles. The van der Waals surface area contributed by atoms with Crippen LogP contribution in [0.5, 0.6) is 11.5 Å². The molecule has 0 atom stereocenters. The summed E-state index contributed by atoms with van der Waals surface area (Å²) in [5.74, 6) is 1.53. The number of rotatable bonds is 9. The van der Waals surface area contributed by atoms with E-state index in [2.05, 4.69) is 42.2 Å². The molecule has 5 nitrogen and oxygen atoms in total. The van der Waals surface area contributed by atoms with Crippen LogP contribution in [-0.4, -0.2) is 27.8 Å². The number of aryl methyl sites for hydroxylation is 3. The first kappa shape index (κ1) is 36.3. The van der Waals surface area contributed by atoms with Gasteiger partial charge in [-0.3, -0.25) is 4.79 Å². The van der Waals surface area contributed by atoms with Crippen LogP contribution >= 0.6 is 0 Å². The topological polar surface area (TPSA) is 65.6 Å². The van der Waals surface area contributed by atoms with Crippen molar-refractivity contribution >= 4 is 11.4 Å². The maximum Gasteiger partial charge on any atom is 1.00 e. The quantitative estimate of drug-likeness (QED) is 0.177. The van der Waals surface area contributed by atoms with Crippen molar-refractivity contribution in [2.75, 3.05) is 7.05 Å². The predicted molar refractivity (Wildman–Crippen MR) is 169 cm³/mol. The minimum Gasteiger partial charge on any atom is -0.482 e. The van der Waals surface area contributed by atoms with Gasteiger partial charge in [0.2, 0.25) is 0 Å². The maximum atomic E-state index is 12.6. The first-order valence-corrected chi connectivity index (χ1v) is 14.8. The molecule has 0 unspecified atom stereocenters. The molecule has 3 aromatic rings. The molecule has 0 aliphatic heterocycles. The third-order valence-electron chi connectivity index (χ3n) is 7.15. The van der Waals surface area contributed by atoms with Crippen LogP contribution in [0, 0.1) is 26.8 Å². The van der Waals surface area contributed by atoms with Crippen molar-refractivity contribution in [3.63, 3.8) is 0 Å². The van der Waals surface area contributed by atoms with Crippen LogP contribution < -0.4 is 56.1 Å². The Labute approximate surface area is 295 Å². The molecule has 220 valence electrons. The second-order valence-corrected chi connectivity index (χ2v) is 11.6. The Morgan fingerprint density at radius 1 is 1.07 bits per heavy atom. The molecule has 0 saturated heterocycles. The van der Waals surface area contributed by atoms with E-state index in [1.165, 1.54) is 18.4 Å². The molecule has 0 radical (unpaired) electrons. The number of aliphatic hydroxyl groups is 1. The standard InChI is InChI=1S/C33H39N2O3.C3H8.K/c1-8-30(36)29-18-26(23(4)34-29)28(20-35(7)19-24-13-10-14-24)27-17-25(33(5,6)37)15-16-31(27)38-32-21(2)11-9-12-22(32)3;1-3-2;/h11-12,15-20,34,37H,8,10,13-14H2,1-7H3;3H2,1-2H3;/q-1;;+1/b28-20+;;. The van der Waals surface area contributed by atoms with Crippen LogP contribution in [0.15, 0.2) is 54.4 Å². The van der Waals surface area contributed by atoms with Crippen LogP contribution in [0.1, 0.15) is 111 Å². The summed E-state index contributed by atoms with van der Waals surface area (Å²) in [6, 6.07) is 14.8.